The minimum Gasteiger partial charge on any atom is -0.491 e. The van der Waals surface area contributed by atoms with Crippen LogP contribution in [-0.4, -0.2) is 23.4 Å². The van der Waals surface area contributed by atoms with Gasteiger partial charge in [-0.3, -0.25) is 4.79 Å². The molecule has 0 aromatic heterocycles. The van der Waals surface area contributed by atoms with Gasteiger partial charge in [0.25, 0.3) is 0 Å². The van der Waals surface area contributed by atoms with Gasteiger partial charge in [0.1, 0.15) is 5.75 Å². The van der Waals surface area contributed by atoms with Crippen molar-refractivity contribution < 1.29 is 27.8 Å². The van der Waals surface area contributed by atoms with Crippen LogP contribution in [0.1, 0.15) is 31.7 Å². The molecule has 0 aliphatic rings. The highest BCUT2D eigenvalue weighted by molar-refractivity contribution is 5.68. The number of halogens is 3. The summed E-state index contributed by atoms with van der Waals surface area (Å²) < 4.78 is 43.9. The zero-order valence-corrected chi connectivity index (χ0v) is 10.6. The van der Waals surface area contributed by atoms with Crippen LogP contribution in [0.25, 0.3) is 0 Å². The number of ether oxygens (including phenoxy) is 1. The summed E-state index contributed by atoms with van der Waals surface area (Å²) in [6.45, 7) is 3.51. The van der Waals surface area contributed by atoms with Crippen molar-refractivity contribution in [1.82, 2.24) is 0 Å². The molecule has 106 valence electrons. The van der Waals surface area contributed by atoms with Gasteiger partial charge in [-0.15, -0.1) is 0 Å². The molecular formula is C13H15F3O3. The number of rotatable bonds is 5. The monoisotopic (exact) mass is 276 g/mol. The van der Waals surface area contributed by atoms with E-state index >= 15 is 0 Å². The Hall–Kier alpha value is -1.72. The summed E-state index contributed by atoms with van der Waals surface area (Å²) in [5, 5.41) is 8.59. The van der Waals surface area contributed by atoms with Crippen LogP contribution >= 0.6 is 0 Å². The topological polar surface area (TPSA) is 46.5 Å². The molecule has 3 nitrogen and oxygen atoms in total. The second-order valence-electron chi connectivity index (χ2n) is 4.43. The zero-order valence-electron chi connectivity index (χ0n) is 10.6. The lowest BCUT2D eigenvalue weighted by Gasteiger charge is -2.20. The molecule has 1 aromatic rings. The maximum atomic E-state index is 12.9. The first-order valence-corrected chi connectivity index (χ1v) is 5.75. The number of hydrogen-bond donors (Lipinski definition) is 1. The van der Waals surface area contributed by atoms with Crippen molar-refractivity contribution in [3.8, 4) is 5.75 Å². The van der Waals surface area contributed by atoms with Crippen molar-refractivity contribution in [2.45, 2.75) is 38.5 Å². The first-order valence-electron chi connectivity index (χ1n) is 5.75. The molecule has 0 heterocycles. The lowest BCUT2D eigenvalue weighted by Crippen LogP contribution is -2.23. The summed E-state index contributed by atoms with van der Waals surface area (Å²) in [5.41, 5.74) is -0.104. The predicted octanol–water partition coefficient (Wildman–Crippen LogP) is 3.59. The Morgan fingerprint density at radius 2 is 2.00 bits per heavy atom. The van der Waals surface area contributed by atoms with E-state index in [1.54, 1.807) is 13.8 Å². The van der Waals surface area contributed by atoms with E-state index in [9.17, 15) is 18.0 Å². The quantitative estimate of drug-likeness (QED) is 0.893. The molecule has 0 amide bonds. The van der Waals surface area contributed by atoms with E-state index in [2.05, 4.69) is 0 Å². The SMILES string of the molecule is CC(C)Oc1cccc(C(CC(=O)O)C(F)(F)F)c1. The Labute approximate surface area is 109 Å². The summed E-state index contributed by atoms with van der Waals surface area (Å²) in [6.07, 6.45) is -5.76. The van der Waals surface area contributed by atoms with E-state index < -0.39 is 24.5 Å². The molecule has 0 fully saturated rings. The van der Waals surface area contributed by atoms with E-state index in [0.717, 1.165) is 0 Å². The van der Waals surface area contributed by atoms with Gasteiger partial charge in [0, 0.05) is 0 Å². The number of alkyl halides is 3. The minimum atomic E-state index is -4.60. The summed E-state index contributed by atoms with van der Waals surface area (Å²) in [5.74, 6) is -3.22. The van der Waals surface area contributed by atoms with Crippen molar-refractivity contribution >= 4 is 5.97 Å². The number of hydrogen-bond acceptors (Lipinski definition) is 2. The molecule has 19 heavy (non-hydrogen) atoms. The van der Waals surface area contributed by atoms with Gasteiger partial charge < -0.3 is 9.84 Å². The highest BCUT2D eigenvalue weighted by atomic mass is 19.4. The van der Waals surface area contributed by atoms with Crippen LogP contribution in [-0.2, 0) is 4.79 Å². The van der Waals surface area contributed by atoms with Crippen molar-refractivity contribution in [2.75, 3.05) is 0 Å². The van der Waals surface area contributed by atoms with E-state index in [1.807, 2.05) is 0 Å². The van der Waals surface area contributed by atoms with E-state index in [4.69, 9.17) is 9.84 Å². The molecule has 1 N–H and O–H groups in total. The van der Waals surface area contributed by atoms with Gasteiger partial charge in [0.2, 0.25) is 0 Å². The molecule has 0 aliphatic carbocycles. The van der Waals surface area contributed by atoms with Gasteiger partial charge in [-0.1, -0.05) is 12.1 Å². The first kappa shape index (κ1) is 15.3. The molecule has 0 bridgehead atoms. The van der Waals surface area contributed by atoms with Gasteiger partial charge in [-0.2, -0.15) is 13.2 Å². The fraction of sp³-hybridized carbons (Fsp3) is 0.462. The molecule has 1 unspecified atom stereocenters. The van der Waals surface area contributed by atoms with Gasteiger partial charge in [0.15, 0.2) is 0 Å². The Balaban J connectivity index is 3.05. The van der Waals surface area contributed by atoms with E-state index in [-0.39, 0.29) is 11.7 Å². The van der Waals surface area contributed by atoms with Crippen LogP contribution < -0.4 is 4.74 Å². The van der Waals surface area contributed by atoms with Crippen LogP contribution in [0.5, 0.6) is 5.75 Å². The highest BCUT2D eigenvalue weighted by Crippen LogP contribution is 2.38. The maximum Gasteiger partial charge on any atom is 0.396 e. The smallest absolute Gasteiger partial charge is 0.396 e. The third kappa shape index (κ3) is 4.81. The summed E-state index contributed by atoms with van der Waals surface area (Å²) in [6, 6.07) is 5.46. The van der Waals surface area contributed by atoms with Crippen LogP contribution in [0, 0.1) is 0 Å². The second kappa shape index (κ2) is 5.95. The third-order valence-corrected chi connectivity index (χ3v) is 2.41. The minimum absolute atomic E-state index is 0.104. The van der Waals surface area contributed by atoms with Gasteiger partial charge >= 0.3 is 12.1 Å². The van der Waals surface area contributed by atoms with Crippen molar-refractivity contribution in [1.29, 1.82) is 0 Å². The Kier molecular flexibility index (Phi) is 4.80. The van der Waals surface area contributed by atoms with E-state index in [1.165, 1.54) is 24.3 Å². The molecule has 0 radical (unpaired) electrons. The number of benzene rings is 1. The van der Waals surface area contributed by atoms with Gasteiger partial charge in [-0.05, 0) is 31.5 Å². The number of carbonyl (C=O) groups is 1. The van der Waals surface area contributed by atoms with Crippen molar-refractivity contribution in [3.63, 3.8) is 0 Å². The lowest BCUT2D eigenvalue weighted by atomic mass is 9.95. The average molecular weight is 276 g/mol. The van der Waals surface area contributed by atoms with Crippen LogP contribution in [0.4, 0.5) is 13.2 Å². The lowest BCUT2D eigenvalue weighted by molar-refractivity contribution is -0.163. The average Bonchev–Trinajstić information content (AvgIpc) is 2.23. The molecule has 1 aromatic carbocycles. The maximum absolute atomic E-state index is 12.9. The Bertz CT molecular complexity index is 441. The molecule has 0 aliphatic heterocycles. The largest absolute Gasteiger partial charge is 0.491 e. The van der Waals surface area contributed by atoms with Crippen LogP contribution in [0.15, 0.2) is 24.3 Å². The number of aliphatic carboxylic acids is 1. The first-order chi connectivity index (χ1) is 8.70. The Morgan fingerprint density at radius 1 is 1.37 bits per heavy atom. The molecule has 0 spiro atoms. The van der Waals surface area contributed by atoms with Crippen LogP contribution in [0.2, 0.25) is 0 Å². The van der Waals surface area contributed by atoms with Crippen LogP contribution in [0.3, 0.4) is 0 Å². The van der Waals surface area contributed by atoms with Crippen molar-refractivity contribution in [3.05, 3.63) is 29.8 Å². The number of carboxylic acid groups (broad SMARTS) is 1. The molecule has 1 rings (SSSR count). The summed E-state index contributed by atoms with van der Waals surface area (Å²) in [4.78, 5) is 10.6. The molecule has 0 saturated carbocycles. The number of carboxylic acids is 1. The zero-order chi connectivity index (χ0) is 14.6. The normalized spacial score (nSPS) is 13.4. The van der Waals surface area contributed by atoms with Crippen molar-refractivity contribution in [2.24, 2.45) is 0 Å². The molecule has 0 saturated heterocycles. The van der Waals surface area contributed by atoms with E-state index in [0.29, 0.717) is 5.75 Å². The van der Waals surface area contributed by atoms with Gasteiger partial charge in [-0.25, -0.2) is 0 Å². The fourth-order valence-electron chi connectivity index (χ4n) is 1.67. The Morgan fingerprint density at radius 3 is 2.47 bits per heavy atom. The molecular weight excluding hydrogens is 261 g/mol. The molecule has 1 atom stereocenters. The molecule has 6 heteroatoms. The highest BCUT2D eigenvalue weighted by Gasteiger charge is 2.42. The standard InChI is InChI=1S/C13H15F3O3/c1-8(2)19-10-5-3-4-9(6-10)11(7-12(17)18)13(14,15)16/h3-6,8,11H,7H2,1-2H3,(H,17,18). The third-order valence-electron chi connectivity index (χ3n) is 2.41. The second-order valence-corrected chi connectivity index (χ2v) is 4.43. The summed E-state index contributed by atoms with van der Waals surface area (Å²) in [7, 11) is 0. The predicted molar refractivity (Wildman–Crippen MR) is 63.3 cm³/mol. The fourth-order valence-corrected chi connectivity index (χ4v) is 1.67. The van der Waals surface area contributed by atoms with Gasteiger partial charge in [0.05, 0.1) is 18.4 Å². The summed E-state index contributed by atoms with van der Waals surface area (Å²) >= 11 is 0.